The van der Waals surface area contributed by atoms with Crippen molar-refractivity contribution in [3.05, 3.63) is 66.0 Å². The van der Waals surface area contributed by atoms with Gasteiger partial charge in [-0.3, -0.25) is 0 Å². The molecule has 0 fully saturated rings. The molecule has 0 aliphatic heterocycles. The molecule has 0 spiro atoms. The van der Waals surface area contributed by atoms with Crippen molar-refractivity contribution in [1.82, 2.24) is 34.5 Å². The Hall–Kier alpha value is -3.81. The molecule has 1 aliphatic carbocycles. The third-order valence-corrected chi connectivity index (χ3v) is 6.26. The fraction of sp³-hybridized carbons (Fsp3) is 0.292. The van der Waals surface area contributed by atoms with E-state index in [1.54, 1.807) is 12.4 Å². The number of nitrogens with zero attached hydrogens (tertiary/aromatic N) is 6. The minimum Gasteiger partial charge on any atom is -0.358 e. The van der Waals surface area contributed by atoms with Crippen molar-refractivity contribution < 1.29 is 0 Å². The van der Waals surface area contributed by atoms with Crippen LogP contribution in [0, 0.1) is 0 Å². The standard InChI is InChI=1S/C24H24N8/c1-14(2)19-12-27-32-23(19)30-22(15-10-25-13-26-11-15)31-24(32)28-16-7-8-21-18(9-16)17-5-3-4-6-20(17)29-21/h3-6,10-14,16,29H,7-9H2,1-2H3,(H,28,30,31). The van der Waals surface area contributed by atoms with Crippen LogP contribution in [-0.2, 0) is 12.8 Å². The Bertz CT molecular complexity index is 1420. The molecule has 32 heavy (non-hydrogen) atoms. The van der Waals surface area contributed by atoms with E-state index in [2.05, 4.69) is 63.5 Å². The molecule has 8 heteroatoms. The lowest BCUT2D eigenvalue weighted by molar-refractivity contribution is 0.599. The van der Waals surface area contributed by atoms with E-state index in [4.69, 9.17) is 9.97 Å². The lowest BCUT2D eigenvalue weighted by atomic mass is 9.91. The number of aryl methyl sites for hydroxylation is 1. The number of fused-ring (bicyclic) bond motifs is 4. The largest absolute Gasteiger partial charge is 0.358 e. The Morgan fingerprint density at radius 3 is 2.78 bits per heavy atom. The highest BCUT2D eigenvalue weighted by molar-refractivity contribution is 5.85. The molecule has 1 aromatic carbocycles. The Labute approximate surface area is 185 Å². The number of aromatic nitrogens is 7. The van der Waals surface area contributed by atoms with Gasteiger partial charge < -0.3 is 10.3 Å². The van der Waals surface area contributed by atoms with Crippen molar-refractivity contribution >= 4 is 22.5 Å². The van der Waals surface area contributed by atoms with Crippen LogP contribution < -0.4 is 5.32 Å². The minimum atomic E-state index is 0.256. The third-order valence-electron chi connectivity index (χ3n) is 6.26. The number of H-pyrrole nitrogens is 1. The average Bonchev–Trinajstić information content (AvgIpc) is 3.41. The summed E-state index contributed by atoms with van der Waals surface area (Å²) in [7, 11) is 0. The van der Waals surface area contributed by atoms with Crippen molar-refractivity contribution in [1.29, 1.82) is 0 Å². The van der Waals surface area contributed by atoms with E-state index >= 15 is 0 Å². The number of rotatable bonds is 4. The molecule has 1 atom stereocenters. The maximum atomic E-state index is 4.83. The summed E-state index contributed by atoms with van der Waals surface area (Å²) in [5.74, 6) is 1.61. The van der Waals surface area contributed by atoms with Crippen LogP contribution in [0.2, 0.25) is 0 Å². The Morgan fingerprint density at radius 1 is 1.09 bits per heavy atom. The van der Waals surface area contributed by atoms with Crippen LogP contribution in [0.15, 0.2) is 49.2 Å². The third kappa shape index (κ3) is 3.10. The monoisotopic (exact) mass is 424 g/mol. The van der Waals surface area contributed by atoms with E-state index < -0.39 is 0 Å². The minimum absolute atomic E-state index is 0.256. The maximum Gasteiger partial charge on any atom is 0.228 e. The van der Waals surface area contributed by atoms with Gasteiger partial charge in [-0.15, -0.1) is 0 Å². The highest BCUT2D eigenvalue weighted by Crippen LogP contribution is 2.31. The molecule has 1 aliphatic rings. The van der Waals surface area contributed by atoms with E-state index in [1.165, 1.54) is 28.5 Å². The summed E-state index contributed by atoms with van der Waals surface area (Å²) in [5, 5.41) is 9.60. The molecule has 5 aromatic rings. The van der Waals surface area contributed by atoms with Gasteiger partial charge in [-0.05, 0) is 36.8 Å². The summed E-state index contributed by atoms with van der Waals surface area (Å²) in [6.07, 6.45) is 9.86. The second-order valence-electron chi connectivity index (χ2n) is 8.70. The second-order valence-corrected chi connectivity index (χ2v) is 8.70. The fourth-order valence-electron chi connectivity index (χ4n) is 4.61. The molecule has 160 valence electrons. The van der Waals surface area contributed by atoms with E-state index in [9.17, 15) is 0 Å². The summed E-state index contributed by atoms with van der Waals surface area (Å²) in [6, 6.07) is 8.79. The smallest absolute Gasteiger partial charge is 0.228 e. The van der Waals surface area contributed by atoms with Crippen LogP contribution in [-0.4, -0.2) is 40.6 Å². The summed E-state index contributed by atoms with van der Waals surface area (Å²) in [4.78, 5) is 21.5. The fourth-order valence-corrected chi connectivity index (χ4v) is 4.61. The summed E-state index contributed by atoms with van der Waals surface area (Å²) < 4.78 is 1.83. The maximum absolute atomic E-state index is 4.83. The molecule has 4 aromatic heterocycles. The first-order chi connectivity index (χ1) is 15.7. The van der Waals surface area contributed by atoms with Crippen LogP contribution in [0.5, 0.6) is 0 Å². The number of hydrogen-bond acceptors (Lipinski definition) is 6. The first kappa shape index (κ1) is 18.9. The molecule has 1 unspecified atom stereocenters. The zero-order valence-corrected chi connectivity index (χ0v) is 18.1. The van der Waals surface area contributed by atoms with Crippen LogP contribution in [0.4, 0.5) is 5.95 Å². The first-order valence-electron chi connectivity index (χ1n) is 11.0. The summed E-state index contributed by atoms with van der Waals surface area (Å²) in [5.41, 5.74) is 6.66. The van der Waals surface area contributed by atoms with Gasteiger partial charge in [0.05, 0.1) is 11.8 Å². The van der Waals surface area contributed by atoms with Gasteiger partial charge >= 0.3 is 0 Å². The number of anilines is 1. The first-order valence-corrected chi connectivity index (χ1v) is 11.0. The van der Waals surface area contributed by atoms with Crippen molar-refractivity contribution in [3.8, 4) is 11.4 Å². The summed E-state index contributed by atoms with van der Waals surface area (Å²) >= 11 is 0. The lowest BCUT2D eigenvalue weighted by Gasteiger charge is -2.24. The van der Waals surface area contributed by atoms with Crippen LogP contribution in [0.3, 0.4) is 0 Å². The zero-order chi connectivity index (χ0) is 21.7. The van der Waals surface area contributed by atoms with Gasteiger partial charge in [0.2, 0.25) is 5.95 Å². The van der Waals surface area contributed by atoms with Crippen molar-refractivity contribution in [2.75, 3.05) is 5.32 Å². The van der Waals surface area contributed by atoms with Crippen molar-refractivity contribution in [3.63, 3.8) is 0 Å². The SMILES string of the molecule is CC(C)c1cnn2c(NC3CCc4[nH]c5ccccc5c4C3)nc(-c3cncnc3)nc12. The second kappa shape index (κ2) is 7.40. The van der Waals surface area contributed by atoms with Crippen molar-refractivity contribution in [2.24, 2.45) is 0 Å². The molecule has 4 heterocycles. The highest BCUT2D eigenvalue weighted by Gasteiger charge is 2.24. The Morgan fingerprint density at radius 2 is 1.94 bits per heavy atom. The molecule has 0 saturated heterocycles. The predicted octanol–water partition coefficient (Wildman–Crippen LogP) is 4.16. The van der Waals surface area contributed by atoms with Crippen molar-refractivity contribution in [2.45, 2.75) is 45.1 Å². The van der Waals surface area contributed by atoms with E-state index in [-0.39, 0.29) is 6.04 Å². The van der Waals surface area contributed by atoms with Gasteiger partial charge in [0.25, 0.3) is 0 Å². The number of benzene rings is 1. The van der Waals surface area contributed by atoms with Gasteiger partial charge in [-0.1, -0.05) is 32.0 Å². The van der Waals surface area contributed by atoms with Gasteiger partial charge in [-0.25, -0.2) is 15.0 Å². The van der Waals surface area contributed by atoms with Crippen LogP contribution in [0.1, 0.15) is 43.0 Å². The summed E-state index contributed by atoms with van der Waals surface area (Å²) in [6.45, 7) is 4.30. The molecule has 8 nitrogen and oxygen atoms in total. The number of nitrogens with one attached hydrogen (secondary N) is 2. The van der Waals surface area contributed by atoms with Crippen LogP contribution in [0.25, 0.3) is 27.9 Å². The van der Waals surface area contributed by atoms with E-state index in [0.717, 1.165) is 36.0 Å². The highest BCUT2D eigenvalue weighted by atomic mass is 15.4. The number of hydrogen-bond donors (Lipinski definition) is 2. The van der Waals surface area contributed by atoms with E-state index in [1.807, 2.05) is 10.7 Å². The van der Waals surface area contributed by atoms with Crippen LogP contribution >= 0.6 is 0 Å². The molecule has 6 rings (SSSR count). The molecule has 0 bridgehead atoms. The Balaban J connectivity index is 1.41. The average molecular weight is 425 g/mol. The Kier molecular flexibility index (Phi) is 4.38. The molecule has 0 saturated carbocycles. The predicted molar refractivity (Wildman–Crippen MR) is 124 cm³/mol. The van der Waals surface area contributed by atoms with Gasteiger partial charge in [-0.2, -0.15) is 14.6 Å². The quantitative estimate of drug-likeness (QED) is 0.450. The number of aromatic amines is 1. The molecule has 2 N–H and O–H groups in total. The van der Waals surface area contributed by atoms with Gasteiger partial charge in [0.1, 0.15) is 6.33 Å². The van der Waals surface area contributed by atoms with E-state index in [0.29, 0.717) is 17.7 Å². The lowest BCUT2D eigenvalue weighted by Crippen LogP contribution is -2.29. The molecular formula is C24H24N8. The number of para-hydroxylation sites is 1. The normalized spacial score (nSPS) is 16.0. The molecular weight excluding hydrogens is 400 g/mol. The van der Waals surface area contributed by atoms with Gasteiger partial charge in [0.15, 0.2) is 11.5 Å². The molecule has 0 radical (unpaired) electrons. The topological polar surface area (TPSA) is 96.7 Å². The zero-order valence-electron chi connectivity index (χ0n) is 18.1. The molecule has 0 amide bonds. The van der Waals surface area contributed by atoms with Gasteiger partial charge in [0, 0.05) is 40.6 Å².